The minimum atomic E-state index is -0.495. The maximum atomic E-state index is 9.99. The van der Waals surface area contributed by atoms with Crippen LogP contribution in [-0.2, 0) is 0 Å². The summed E-state index contributed by atoms with van der Waals surface area (Å²) in [4.78, 5) is 0. The number of methoxy groups -OCH3 is 1. The highest BCUT2D eigenvalue weighted by molar-refractivity contribution is 9.10. The number of likely N-dealkylation sites (N-methyl/N-ethyl adjacent to an activating group) is 1. The average Bonchev–Trinajstić information content (AvgIpc) is 2.24. The second-order valence-electron chi connectivity index (χ2n) is 3.83. The molecule has 16 heavy (non-hydrogen) atoms. The van der Waals surface area contributed by atoms with Gasteiger partial charge in [-0.2, -0.15) is 0 Å². The van der Waals surface area contributed by atoms with Gasteiger partial charge in [0.1, 0.15) is 5.75 Å². The van der Waals surface area contributed by atoms with E-state index >= 15 is 0 Å². The van der Waals surface area contributed by atoms with Gasteiger partial charge >= 0.3 is 0 Å². The van der Waals surface area contributed by atoms with Gasteiger partial charge in [0, 0.05) is 6.54 Å². The van der Waals surface area contributed by atoms with Crippen LogP contribution in [0.3, 0.4) is 0 Å². The highest BCUT2D eigenvalue weighted by Gasteiger charge is 2.16. The number of aliphatic hydroxyl groups excluding tert-OH is 1. The van der Waals surface area contributed by atoms with Crippen LogP contribution in [-0.4, -0.2) is 25.8 Å². The Hall–Kier alpha value is -0.580. The Morgan fingerprint density at radius 3 is 2.62 bits per heavy atom. The molecule has 0 bridgehead atoms. The largest absolute Gasteiger partial charge is 0.495 e. The summed E-state index contributed by atoms with van der Waals surface area (Å²) in [7, 11) is 3.47. The molecule has 0 saturated heterocycles. The van der Waals surface area contributed by atoms with Gasteiger partial charge in [0.25, 0.3) is 0 Å². The first-order chi connectivity index (χ1) is 7.52. The van der Waals surface area contributed by atoms with E-state index in [2.05, 4.69) is 21.2 Å². The molecule has 2 N–H and O–H groups in total. The summed E-state index contributed by atoms with van der Waals surface area (Å²) in [5.41, 5.74) is 2.97. The van der Waals surface area contributed by atoms with Crippen molar-refractivity contribution in [1.29, 1.82) is 0 Å². The number of hydrogen-bond donors (Lipinski definition) is 2. The van der Waals surface area contributed by atoms with Crippen molar-refractivity contribution in [3.8, 4) is 5.75 Å². The Balaban J connectivity index is 3.22. The molecule has 1 unspecified atom stereocenters. The summed E-state index contributed by atoms with van der Waals surface area (Å²) in [6.45, 7) is 4.48. The number of rotatable bonds is 4. The minimum Gasteiger partial charge on any atom is -0.495 e. The van der Waals surface area contributed by atoms with E-state index in [-0.39, 0.29) is 0 Å². The van der Waals surface area contributed by atoms with Gasteiger partial charge in [-0.05, 0) is 59.6 Å². The Morgan fingerprint density at radius 1 is 1.50 bits per heavy atom. The fourth-order valence-electron chi connectivity index (χ4n) is 1.78. The van der Waals surface area contributed by atoms with E-state index in [4.69, 9.17) is 4.74 Å². The normalized spacial score (nSPS) is 12.6. The molecular formula is C12H18BrNO2. The minimum absolute atomic E-state index is 0.495. The van der Waals surface area contributed by atoms with E-state index in [1.165, 1.54) is 0 Å². The second-order valence-corrected chi connectivity index (χ2v) is 4.62. The Morgan fingerprint density at radius 2 is 2.12 bits per heavy atom. The molecule has 0 heterocycles. The van der Waals surface area contributed by atoms with Crippen molar-refractivity contribution in [3.63, 3.8) is 0 Å². The number of halogens is 1. The van der Waals surface area contributed by atoms with E-state index in [1.54, 1.807) is 7.11 Å². The number of nitrogens with one attached hydrogen (secondary N) is 1. The van der Waals surface area contributed by atoms with Crippen LogP contribution in [0.2, 0.25) is 0 Å². The van der Waals surface area contributed by atoms with Gasteiger partial charge in [-0.25, -0.2) is 0 Å². The van der Waals surface area contributed by atoms with Crippen molar-refractivity contribution in [1.82, 2.24) is 5.32 Å². The summed E-state index contributed by atoms with van der Waals surface area (Å²) < 4.78 is 6.22. The van der Waals surface area contributed by atoms with E-state index in [0.29, 0.717) is 6.54 Å². The third-order valence-corrected chi connectivity index (χ3v) is 3.61. The molecule has 0 radical (unpaired) electrons. The molecule has 0 fully saturated rings. The van der Waals surface area contributed by atoms with Crippen molar-refractivity contribution in [3.05, 3.63) is 27.2 Å². The summed E-state index contributed by atoms with van der Waals surface area (Å²) in [6, 6.07) is 1.97. The summed E-state index contributed by atoms with van der Waals surface area (Å²) in [6.07, 6.45) is -0.495. The van der Waals surface area contributed by atoms with Crippen molar-refractivity contribution >= 4 is 15.9 Å². The first-order valence-electron chi connectivity index (χ1n) is 5.19. The van der Waals surface area contributed by atoms with Gasteiger partial charge in [0.15, 0.2) is 0 Å². The Labute approximate surface area is 105 Å². The molecule has 1 atom stereocenters. The van der Waals surface area contributed by atoms with Gasteiger partial charge in [0.05, 0.1) is 17.7 Å². The van der Waals surface area contributed by atoms with Crippen molar-refractivity contribution in [2.24, 2.45) is 0 Å². The molecule has 3 nitrogen and oxygen atoms in total. The predicted molar refractivity (Wildman–Crippen MR) is 69.1 cm³/mol. The molecular weight excluding hydrogens is 270 g/mol. The third kappa shape index (κ3) is 2.56. The lowest BCUT2D eigenvalue weighted by molar-refractivity contribution is 0.177. The van der Waals surface area contributed by atoms with E-state index in [0.717, 1.165) is 26.9 Å². The van der Waals surface area contributed by atoms with Crippen molar-refractivity contribution < 1.29 is 9.84 Å². The van der Waals surface area contributed by atoms with Crippen LogP contribution in [0.25, 0.3) is 0 Å². The Kier molecular flexibility index (Phi) is 4.77. The lowest BCUT2D eigenvalue weighted by Gasteiger charge is -2.18. The zero-order valence-electron chi connectivity index (χ0n) is 10.1. The van der Waals surface area contributed by atoms with Gasteiger partial charge in [0.2, 0.25) is 0 Å². The molecule has 1 aromatic carbocycles. The van der Waals surface area contributed by atoms with Crippen molar-refractivity contribution in [2.75, 3.05) is 20.7 Å². The first kappa shape index (κ1) is 13.5. The van der Waals surface area contributed by atoms with E-state index in [9.17, 15) is 5.11 Å². The molecule has 1 rings (SSSR count). The fraction of sp³-hybridized carbons (Fsp3) is 0.500. The highest BCUT2D eigenvalue weighted by atomic mass is 79.9. The van der Waals surface area contributed by atoms with Crippen molar-refractivity contribution in [2.45, 2.75) is 20.0 Å². The number of hydrogen-bond acceptors (Lipinski definition) is 3. The summed E-state index contributed by atoms with van der Waals surface area (Å²) in [5, 5.41) is 13.0. The molecule has 0 aliphatic carbocycles. The SMILES string of the molecule is CNCC(O)c1cc(C)c(OC)c(Br)c1C. The monoisotopic (exact) mass is 287 g/mol. The number of ether oxygens (including phenoxy) is 1. The van der Waals surface area contributed by atoms with Gasteiger partial charge in [-0.3, -0.25) is 0 Å². The molecule has 0 aromatic heterocycles. The Bertz CT molecular complexity index is 380. The van der Waals surface area contributed by atoms with E-state index in [1.807, 2.05) is 27.0 Å². The summed E-state index contributed by atoms with van der Waals surface area (Å²) >= 11 is 3.50. The summed E-state index contributed by atoms with van der Waals surface area (Å²) in [5.74, 6) is 0.831. The zero-order valence-corrected chi connectivity index (χ0v) is 11.7. The molecule has 90 valence electrons. The molecule has 0 spiro atoms. The van der Waals surface area contributed by atoms with Gasteiger partial charge in [-0.1, -0.05) is 0 Å². The van der Waals surface area contributed by atoms with Crippen LogP contribution in [0, 0.1) is 13.8 Å². The molecule has 0 aliphatic rings. The standard InChI is InChI=1S/C12H18BrNO2/c1-7-5-9(10(15)6-14-3)8(2)11(13)12(7)16-4/h5,10,14-15H,6H2,1-4H3. The van der Waals surface area contributed by atoms with Crippen LogP contribution in [0.5, 0.6) is 5.75 Å². The second kappa shape index (κ2) is 5.66. The van der Waals surface area contributed by atoms with E-state index < -0.39 is 6.10 Å². The zero-order chi connectivity index (χ0) is 12.3. The predicted octanol–water partition coefficient (Wildman–Crippen LogP) is 2.33. The number of benzene rings is 1. The number of aliphatic hydroxyl groups is 1. The average molecular weight is 288 g/mol. The molecule has 0 saturated carbocycles. The maximum absolute atomic E-state index is 9.99. The highest BCUT2D eigenvalue weighted by Crippen LogP contribution is 2.36. The number of aryl methyl sites for hydroxylation is 1. The van der Waals surface area contributed by atoms with Crippen LogP contribution in [0.15, 0.2) is 10.5 Å². The smallest absolute Gasteiger partial charge is 0.136 e. The van der Waals surface area contributed by atoms with Gasteiger partial charge in [-0.15, -0.1) is 0 Å². The lowest BCUT2D eigenvalue weighted by atomic mass is 10.00. The molecule has 0 aliphatic heterocycles. The maximum Gasteiger partial charge on any atom is 0.136 e. The van der Waals surface area contributed by atoms with Gasteiger partial charge < -0.3 is 15.2 Å². The van der Waals surface area contributed by atoms with Crippen LogP contribution >= 0.6 is 15.9 Å². The lowest BCUT2D eigenvalue weighted by Crippen LogP contribution is -2.17. The molecule has 1 aromatic rings. The third-order valence-electron chi connectivity index (χ3n) is 2.65. The molecule has 0 amide bonds. The first-order valence-corrected chi connectivity index (χ1v) is 5.98. The fourth-order valence-corrected chi connectivity index (χ4v) is 2.48. The quantitative estimate of drug-likeness (QED) is 0.893. The molecule has 4 heteroatoms. The van der Waals surface area contributed by atoms with Crippen LogP contribution < -0.4 is 10.1 Å². The van der Waals surface area contributed by atoms with Crippen LogP contribution in [0.1, 0.15) is 22.8 Å². The van der Waals surface area contributed by atoms with Crippen LogP contribution in [0.4, 0.5) is 0 Å². The topological polar surface area (TPSA) is 41.5 Å².